The van der Waals surface area contributed by atoms with Crippen LogP contribution in [0.15, 0.2) is 65.8 Å². The van der Waals surface area contributed by atoms with E-state index >= 15 is 0 Å². The molecule has 0 saturated carbocycles. The summed E-state index contributed by atoms with van der Waals surface area (Å²) in [6.45, 7) is 7.61. The van der Waals surface area contributed by atoms with Gasteiger partial charge in [-0.15, -0.1) is 0 Å². The first-order valence-corrected chi connectivity index (χ1v) is 11.9. The number of carbonyl (C=O) groups is 2. The molecule has 0 radical (unpaired) electrons. The van der Waals surface area contributed by atoms with E-state index in [0.29, 0.717) is 23.1 Å². The molecular formula is C26H30N4O3S. The van der Waals surface area contributed by atoms with Gasteiger partial charge in [0.15, 0.2) is 5.16 Å². The fourth-order valence-electron chi connectivity index (χ4n) is 3.41. The molecule has 7 nitrogen and oxygen atoms in total. The van der Waals surface area contributed by atoms with Crippen LogP contribution in [-0.2, 0) is 16.1 Å². The first-order chi connectivity index (χ1) is 16.2. The first kappa shape index (κ1) is 25.2. The minimum atomic E-state index is -1.11. The monoisotopic (exact) mass is 478 g/mol. The van der Waals surface area contributed by atoms with Crippen molar-refractivity contribution >= 4 is 29.3 Å². The van der Waals surface area contributed by atoms with Crippen molar-refractivity contribution in [3.05, 3.63) is 77.6 Å². The summed E-state index contributed by atoms with van der Waals surface area (Å²) >= 11 is 1.27. The van der Waals surface area contributed by atoms with E-state index in [-0.39, 0.29) is 17.6 Å². The molecule has 34 heavy (non-hydrogen) atoms. The van der Waals surface area contributed by atoms with Crippen LogP contribution in [0.4, 0.5) is 5.69 Å². The normalized spacial score (nSPS) is 11.1. The summed E-state index contributed by atoms with van der Waals surface area (Å²) in [5.74, 6) is 0.361. The van der Waals surface area contributed by atoms with Crippen molar-refractivity contribution in [1.82, 2.24) is 14.9 Å². The second-order valence-corrected chi connectivity index (χ2v) is 9.37. The average Bonchev–Trinajstić information content (AvgIpc) is 2.81. The summed E-state index contributed by atoms with van der Waals surface area (Å²) in [7, 11) is 1.59. The largest absolute Gasteiger partial charge is 0.497 e. The van der Waals surface area contributed by atoms with Crippen molar-refractivity contribution in [2.45, 2.75) is 44.9 Å². The molecule has 0 unspecified atom stereocenters. The van der Waals surface area contributed by atoms with Crippen molar-refractivity contribution in [3.63, 3.8) is 0 Å². The highest BCUT2D eigenvalue weighted by Gasteiger charge is 2.38. The minimum Gasteiger partial charge on any atom is -0.497 e. The maximum absolute atomic E-state index is 13.4. The van der Waals surface area contributed by atoms with E-state index in [1.807, 2.05) is 50.2 Å². The Hall–Kier alpha value is -3.39. The molecule has 0 aliphatic carbocycles. The Kier molecular flexibility index (Phi) is 8.28. The van der Waals surface area contributed by atoms with E-state index in [1.165, 1.54) is 11.8 Å². The molecule has 3 rings (SSSR count). The van der Waals surface area contributed by atoms with Gasteiger partial charge in [-0.3, -0.25) is 9.59 Å². The summed E-state index contributed by atoms with van der Waals surface area (Å²) in [6.07, 6.45) is 0. The Morgan fingerprint density at radius 3 is 2.21 bits per heavy atom. The molecular weight excluding hydrogens is 448 g/mol. The number of ether oxygens (including phenoxy) is 1. The average molecular weight is 479 g/mol. The second kappa shape index (κ2) is 11.2. The number of carbonyl (C=O) groups excluding carboxylic acids is 2. The summed E-state index contributed by atoms with van der Waals surface area (Å²) in [6, 6.07) is 18.6. The number of methoxy groups -OCH3 is 1. The van der Waals surface area contributed by atoms with Crippen molar-refractivity contribution in [3.8, 4) is 5.75 Å². The van der Waals surface area contributed by atoms with Crippen LogP contribution >= 0.6 is 11.8 Å². The third kappa shape index (κ3) is 6.57. The van der Waals surface area contributed by atoms with E-state index in [9.17, 15) is 9.59 Å². The van der Waals surface area contributed by atoms with Gasteiger partial charge >= 0.3 is 0 Å². The van der Waals surface area contributed by atoms with E-state index in [0.717, 1.165) is 17.0 Å². The van der Waals surface area contributed by atoms with Gasteiger partial charge < -0.3 is 15.0 Å². The smallest absolute Gasteiger partial charge is 0.249 e. The molecule has 0 spiro atoms. The molecule has 1 N–H and O–H groups in total. The number of nitrogens with zero attached hydrogens (tertiary/aromatic N) is 3. The number of amides is 2. The fourth-order valence-corrected chi connectivity index (χ4v) is 4.23. The van der Waals surface area contributed by atoms with Gasteiger partial charge in [0.1, 0.15) is 11.3 Å². The van der Waals surface area contributed by atoms with Gasteiger partial charge in [0.2, 0.25) is 11.8 Å². The molecule has 2 aromatic carbocycles. The lowest BCUT2D eigenvalue weighted by molar-refractivity contribution is -0.142. The highest BCUT2D eigenvalue weighted by molar-refractivity contribution is 7.99. The molecule has 2 amide bonds. The highest BCUT2D eigenvalue weighted by atomic mass is 32.2. The van der Waals surface area contributed by atoms with Crippen LogP contribution in [0.5, 0.6) is 5.75 Å². The Bertz CT molecular complexity index is 1110. The Morgan fingerprint density at radius 1 is 1.00 bits per heavy atom. The van der Waals surface area contributed by atoms with Crippen LogP contribution < -0.4 is 10.1 Å². The lowest BCUT2D eigenvalue weighted by atomic mass is 9.99. The first-order valence-electron chi connectivity index (χ1n) is 10.9. The predicted molar refractivity (Wildman–Crippen MR) is 135 cm³/mol. The van der Waals surface area contributed by atoms with Crippen molar-refractivity contribution in [2.75, 3.05) is 18.2 Å². The van der Waals surface area contributed by atoms with Crippen molar-refractivity contribution in [1.29, 1.82) is 0 Å². The molecule has 0 saturated heterocycles. The van der Waals surface area contributed by atoms with Crippen molar-refractivity contribution in [2.24, 2.45) is 0 Å². The van der Waals surface area contributed by atoms with Gasteiger partial charge in [0, 0.05) is 23.6 Å². The SMILES string of the molecule is COc1ccc(NC(=O)C(C)(C)N(Cc2ccccc2)C(=O)CSc2nc(C)cc(C)n2)cc1. The number of hydrogen-bond acceptors (Lipinski definition) is 6. The van der Waals surface area contributed by atoms with Gasteiger partial charge in [0.05, 0.1) is 12.9 Å². The van der Waals surface area contributed by atoms with Crippen LogP contribution in [0.2, 0.25) is 0 Å². The number of aryl methyl sites for hydroxylation is 2. The standard InChI is InChI=1S/C26H30N4O3S/c1-18-15-19(2)28-25(27-18)34-17-23(31)30(16-20-9-7-6-8-10-20)26(3,4)24(32)29-21-11-13-22(33-5)14-12-21/h6-15H,16-17H2,1-5H3,(H,29,32). The molecule has 1 aromatic heterocycles. The maximum atomic E-state index is 13.4. The number of rotatable bonds is 9. The lowest BCUT2D eigenvalue weighted by Crippen LogP contribution is -2.55. The van der Waals surface area contributed by atoms with E-state index < -0.39 is 5.54 Å². The Morgan fingerprint density at radius 2 is 1.62 bits per heavy atom. The molecule has 178 valence electrons. The number of nitrogens with one attached hydrogen (secondary N) is 1. The zero-order chi connectivity index (χ0) is 24.7. The Balaban J connectivity index is 1.80. The van der Waals surface area contributed by atoms with Gasteiger partial charge in [0.25, 0.3) is 0 Å². The molecule has 3 aromatic rings. The lowest BCUT2D eigenvalue weighted by Gasteiger charge is -2.37. The minimum absolute atomic E-state index is 0.120. The van der Waals surface area contributed by atoms with Crippen molar-refractivity contribution < 1.29 is 14.3 Å². The van der Waals surface area contributed by atoms with E-state index in [1.54, 1.807) is 50.1 Å². The van der Waals surface area contributed by atoms with Gasteiger partial charge in [-0.1, -0.05) is 42.1 Å². The van der Waals surface area contributed by atoms with Crippen LogP contribution in [0.3, 0.4) is 0 Å². The molecule has 0 atom stereocenters. The quantitative estimate of drug-likeness (QED) is 0.356. The van der Waals surface area contributed by atoms with Crippen LogP contribution in [0, 0.1) is 13.8 Å². The van der Waals surface area contributed by atoms with Gasteiger partial charge in [-0.25, -0.2) is 9.97 Å². The third-order valence-corrected chi connectivity index (χ3v) is 6.18. The topological polar surface area (TPSA) is 84.4 Å². The summed E-state index contributed by atoms with van der Waals surface area (Å²) < 4.78 is 5.18. The van der Waals surface area contributed by atoms with Gasteiger partial charge in [-0.2, -0.15) is 0 Å². The third-order valence-electron chi connectivity index (χ3n) is 5.35. The number of aromatic nitrogens is 2. The molecule has 0 bridgehead atoms. The predicted octanol–water partition coefficient (Wildman–Crippen LogP) is 4.64. The molecule has 8 heteroatoms. The Labute approximate surface area is 205 Å². The van der Waals surface area contributed by atoms with E-state index in [4.69, 9.17) is 4.74 Å². The molecule has 0 aliphatic rings. The summed E-state index contributed by atoms with van der Waals surface area (Å²) in [4.78, 5) is 37.2. The zero-order valence-corrected chi connectivity index (χ0v) is 21.0. The summed E-state index contributed by atoms with van der Waals surface area (Å²) in [5.41, 5.74) is 2.15. The zero-order valence-electron chi connectivity index (χ0n) is 20.2. The summed E-state index contributed by atoms with van der Waals surface area (Å²) in [5, 5.41) is 3.47. The number of thioether (sulfide) groups is 1. The number of anilines is 1. The highest BCUT2D eigenvalue weighted by Crippen LogP contribution is 2.24. The number of benzene rings is 2. The molecule has 0 fully saturated rings. The maximum Gasteiger partial charge on any atom is 0.249 e. The van der Waals surface area contributed by atoms with E-state index in [2.05, 4.69) is 15.3 Å². The number of hydrogen-bond donors (Lipinski definition) is 1. The fraction of sp³-hybridized carbons (Fsp3) is 0.308. The second-order valence-electron chi connectivity index (χ2n) is 8.43. The molecule has 1 heterocycles. The van der Waals surface area contributed by atoms with Crippen LogP contribution in [0.25, 0.3) is 0 Å². The van der Waals surface area contributed by atoms with Crippen LogP contribution in [-0.4, -0.2) is 45.1 Å². The molecule has 0 aliphatic heterocycles. The van der Waals surface area contributed by atoms with Gasteiger partial charge in [-0.05, 0) is 63.6 Å². The van der Waals surface area contributed by atoms with Crippen LogP contribution in [0.1, 0.15) is 30.8 Å².